The van der Waals surface area contributed by atoms with Crippen LogP contribution in [0, 0.1) is 17.2 Å². The zero-order valence-electron chi connectivity index (χ0n) is 19.1. The number of amides is 2. The molecule has 34 heavy (non-hydrogen) atoms. The maximum Gasteiger partial charge on any atom is 0.268 e. The van der Waals surface area contributed by atoms with E-state index in [4.69, 9.17) is 4.74 Å². The number of nitrogens with one attached hydrogen (secondary N) is 5. The van der Waals surface area contributed by atoms with Crippen LogP contribution in [0.1, 0.15) is 23.3 Å². The monoisotopic (exact) mass is 466 g/mol. The molecule has 2 amide bonds. The number of methoxy groups -OCH3 is 1. The highest BCUT2D eigenvalue weighted by atomic mass is 16.5. The SMILES string of the molecule is C=C(O)CNC(C#N)C(CC1CCNC1=O)NC(=C)CNC(=O)c1cc2c(OC)cccc2[nH]1. The number of aliphatic hydroxyl groups excluding tert-OH is 1. The molecule has 0 aliphatic carbocycles. The molecule has 0 spiro atoms. The molecule has 0 saturated carbocycles. The molecule has 10 nitrogen and oxygen atoms in total. The topological polar surface area (TPSA) is 151 Å². The van der Waals surface area contributed by atoms with Gasteiger partial charge in [-0.1, -0.05) is 19.2 Å². The van der Waals surface area contributed by atoms with Crippen molar-refractivity contribution >= 4 is 22.7 Å². The number of hydrogen-bond acceptors (Lipinski definition) is 7. The summed E-state index contributed by atoms with van der Waals surface area (Å²) in [6, 6.07) is 8.21. The number of carbonyl (C=O) groups excluding carboxylic acids is 2. The molecule has 1 aromatic carbocycles. The van der Waals surface area contributed by atoms with E-state index in [1.165, 1.54) is 0 Å². The summed E-state index contributed by atoms with van der Waals surface area (Å²) in [6.45, 7) is 8.15. The van der Waals surface area contributed by atoms with Crippen molar-refractivity contribution in [2.24, 2.45) is 5.92 Å². The van der Waals surface area contributed by atoms with Crippen LogP contribution < -0.4 is 26.0 Å². The number of benzene rings is 1. The van der Waals surface area contributed by atoms with Gasteiger partial charge < -0.3 is 30.8 Å². The fourth-order valence-electron chi connectivity index (χ4n) is 3.98. The van der Waals surface area contributed by atoms with Gasteiger partial charge in [-0.3, -0.25) is 14.9 Å². The van der Waals surface area contributed by atoms with Crippen molar-refractivity contribution in [3.8, 4) is 11.8 Å². The van der Waals surface area contributed by atoms with Crippen LogP contribution in [0.15, 0.2) is 48.9 Å². The van der Waals surface area contributed by atoms with E-state index in [1.807, 2.05) is 18.2 Å². The number of nitrogens with zero attached hydrogens (tertiary/aromatic N) is 1. The van der Waals surface area contributed by atoms with Crippen LogP contribution in [-0.2, 0) is 4.79 Å². The Kier molecular flexibility index (Phi) is 8.16. The lowest BCUT2D eigenvalue weighted by Gasteiger charge is -2.27. The molecule has 1 aromatic heterocycles. The van der Waals surface area contributed by atoms with Gasteiger partial charge in [-0.05, 0) is 31.0 Å². The van der Waals surface area contributed by atoms with Crippen molar-refractivity contribution in [1.82, 2.24) is 26.3 Å². The van der Waals surface area contributed by atoms with Crippen molar-refractivity contribution in [1.29, 1.82) is 5.26 Å². The molecule has 0 bridgehead atoms. The third-order valence-electron chi connectivity index (χ3n) is 5.71. The van der Waals surface area contributed by atoms with Gasteiger partial charge in [0.1, 0.15) is 17.5 Å². The van der Waals surface area contributed by atoms with Crippen LogP contribution in [0.5, 0.6) is 5.75 Å². The molecule has 3 unspecified atom stereocenters. The first-order valence-electron chi connectivity index (χ1n) is 11.0. The molecule has 1 aliphatic rings. The van der Waals surface area contributed by atoms with E-state index in [9.17, 15) is 20.0 Å². The Balaban J connectivity index is 1.63. The third-order valence-corrected chi connectivity index (χ3v) is 5.71. The molecule has 10 heteroatoms. The molecule has 1 aliphatic heterocycles. The number of carbonyl (C=O) groups is 2. The fourth-order valence-corrected chi connectivity index (χ4v) is 3.98. The van der Waals surface area contributed by atoms with Crippen LogP contribution in [0.2, 0.25) is 0 Å². The van der Waals surface area contributed by atoms with Gasteiger partial charge in [0.05, 0.1) is 38.1 Å². The highest BCUT2D eigenvalue weighted by Gasteiger charge is 2.31. The number of H-pyrrole nitrogens is 1. The Hall–Kier alpha value is -3.97. The Bertz CT molecular complexity index is 1120. The Labute approximate surface area is 198 Å². The van der Waals surface area contributed by atoms with E-state index in [-0.39, 0.29) is 36.6 Å². The molecule has 3 atom stereocenters. The predicted molar refractivity (Wildman–Crippen MR) is 128 cm³/mol. The summed E-state index contributed by atoms with van der Waals surface area (Å²) in [7, 11) is 1.57. The van der Waals surface area contributed by atoms with E-state index in [0.717, 1.165) is 10.9 Å². The molecular weight excluding hydrogens is 436 g/mol. The highest BCUT2D eigenvalue weighted by molar-refractivity contribution is 5.99. The number of ether oxygens (including phenoxy) is 1. The first-order valence-corrected chi connectivity index (χ1v) is 11.0. The lowest BCUT2D eigenvalue weighted by atomic mass is 9.94. The second-order valence-corrected chi connectivity index (χ2v) is 8.21. The summed E-state index contributed by atoms with van der Waals surface area (Å²) in [5.41, 5.74) is 1.64. The van der Waals surface area contributed by atoms with Gasteiger partial charge in [0.15, 0.2) is 0 Å². The average Bonchev–Trinajstić information content (AvgIpc) is 3.43. The van der Waals surface area contributed by atoms with Gasteiger partial charge in [0, 0.05) is 29.1 Å². The van der Waals surface area contributed by atoms with Crippen LogP contribution >= 0.6 is 0 Å². The van der Waals surface area contributed by atoms with E-state index in [0.29, 0.717) is 36.5 Å². The molecule has 6 N–H and O–H groups in total. The van der Waals surface area contributed by atoms with Crippen LogP contribution in [-0.4, -0.2) is 60.7 Å². The Morgan fingerprint density at radius 2 is 2.18 bits per heavy atom. The molecule has 3 rings (SSSR count). The number of fused-ring (bicyclic) bond motifs is 1. The third kappa shape index (κ3) is 6.08. The number of rotatable bonds is 12. The van der Waals surface area contributed by atoms with Crippen molar-refractivity contribution in [2.75, 3.05) is 26.7 Å². The largest absolute Gasteiger partial charge is 0.512 e. The lowest BCUT2D eigenvalue weighted by Crippen LogP contribution is -2.49. The highest BCUT2D eigenvalue weighted by Crippen LogP contribution is 2.26. The summed E-state index contributed by atoms with van der Waals surface area (Å²) in [4.78, 5) is 27.8. The van der Waals surface area contributed by atoms with Gasteiger partial charge in [0.2, 0.25) is 5.91 Å². The van der Waals surface area contributed by atoms with Crippen molar-refractivity contribution < 1.29 is 19.4 Å². The molecule has 2 aromatic rings. The van der Waals surface area contributed by atoms with Gasteiger partial charge in [-0.2, -0.15) is 5.26 Å². The first-order chi connectivity index (χ1) is 16.3. The van der Waals surface area contributed by atoms with Crippen LogP contribution in [0.25, 0.3) is 10.9 Å². The van der Waals surface area contributed by atoms with Crippen molar-refractivity contribution in [3.63, 3.8) is 0 Å². The number of hydrogen-bond donors (Lipinski definition) is 6. The van der Waals surface area contributed by atoms with E-state index >= 15 is 0 Å². The number of nitriles is 1. The Morgan fingerprint density at radius 3 is 2.82 bits per heavy atom. The number of aliphatic hydroxyl groups is 1. The summed E-state index contributed by atoms with van der Waals surface area (Å²) < 4.78 is 5.33. The zero-order valence-corrected chi connectivity index (χ0v) is 19.1. The first kappa shape index (κ1) is 24.7. The fraction of sp³-hybridized carbons (Fsp3) is 0.375. The molecule has 1 saturated heterocycles. The molecule has 0 radical (unpaired) electrons. The molecule has 1 fully saturated rings. The predicted octanol–water partition coefficient (Wildman–Crippen LogP) is 1.46. The normalized spacial score (nSPS) is 16.8. The second kappa shape index (κ2) is 11.2. The quantitative estimate of drug-likeness (QED) is 0.259. The zero-order chi connectivity index (χ0) is 24.7. The standard InChI is InChI=1S/C24H30N6O4/c1-14(12-28-24(33)20-10-17-18(30-20)5-4-6-22(17)34-3)29-19(9-16-7-8-26-23(16)32)21(11-25)27-13-15(2)31/h4-6,10,16,19,21,27,29-31H,1-2,7-9,12-13H2,3H3,(H,26,32)(H,28,33). The van der Waals surface area contributed by atoms with Gasteiger partial charge in [-0.15, -0.1) is 0 Å². The minimum absolute atomic E-state index is 0.0420. The smallest absolute Gasteiger partial charge is 0.268 e. The van der Waals surface area contributed by atoms with Crippen LogP contribution in [0.4, 0.5) is 0 Å². The van der Waals surface area contributed by atoms with Gasteiger partial charge in [0.25, 0.3) is 5.91 Å². The summed E-state index contributed by atoms with van der Waals surface area (Å²) in [5, 5.41) is 31.6. The summed E-state index contributed by atoms with van der Waals surface area (Å²) >= 11 is 0. The summed E-state index contributed by atoms with van der Waals surface area (Å²) in [5.74, 6) is -0.0455. The van der Waals surface area contributed by atoms with E-state index in [2.05, 4.69) is 45.5 Å². The molecule has 180 valence electrons. The van der Waals surface area contributed by atoms with Crippen LogP contribution in [0.3, 0.4) is 0 Å². The number of aromatic nitrogens is 1. The Morgan fingerprint density at radius 1 is 1.38 bits per heavy atom. The minimum atomic E-state index is -0.717. The second-order valence-electron chi connectivity index (χ2n) is 8.21. The maximum absolute atomic E-state index is 12.7. The minimum Gasteiger partial charge on any atom is -0.512 e. The molecular formula is C24H30N6O4. The van der Waals surface area contributed by atoms with Crippen molar-refractivity contribution in [2.45, 2.75) is 24.9 Å². The number of aromatic amines is 1. The maximum atomic E-state index is 12.7. The van der Waals surface area contributed by atoms with Gasteiger partial charge >= 0.3 is 0 Å². The van der Waals surface area contributed by atoms with Gasteiger partial charge in [-0.25, -0.2) is 0 Å². The van der Waals surface area contributed by atoms with Crippen molar-refractivity contribution in [3.05, 3.63) is 54.6 Å². The lowest BCUT2D eigenvalue weighted by molar-refractivity contribution is -0.122. The molecule has 2 heterocycles. The van der Waals surface area contributed by atoms with E-state index in [1.54, 1.807) is 13.2 Å². The van der Waals surface area contributed by atoms with E-state index < -0.39 is 12.1 Å². The summed E-state index contributed by atoms with van der Waals surface area (Å²) in [6.07, 6.45) is 1.07. The average molecular weight is 467 g/mol.